The van der Waals surface area contributed by atoms with Crippen molar-refractivity contribution in [2.24, 2.45) is 0 Å². The van der Waals surface area contributed by atoms with Crippen molar-refractivity contribution in [1.82, 2.24) is 4.98 Å². The third kappa shape index (κ3) is 3.61. The largest absolute Gasteiger partial charge is 0.507 e. The second-order valence-electron chi connectivity index (χ2n) is 7.81. The molecule has 0 spiro atoms. The Bertz CT molecular complexity index is 1250. The van der Waals surface area contributed by atoms with Gasteiger partial charge in [-0.25, -0.2) is 4.98 Å². The molecular formula is C26H22N2O5. The van der Waals surface area contributed by atoms with Gasteiger partial charge in [0.25, 0.3) is 5.78 Å². The Morgan fingerprint density at radius 2 is 1.79 bits per heavy atom. The van der Waals surface area contributed by atoms with Gasteiger partial charge >= 0.3 is 5.91 Å². The number of aliphatic hydroxyl groups excluding tert-OH is 1. The van der Waals surface area contributed by atoms with Gasteiger partial charge in [-0.3, -0.25) is 14.5 Å². The zero-order valence-electron chi connectivity index (χ0n) is 18.0. The summed E-state index contributed by atoms with van der Waals surface area (Å²) < 4.78 is 11.2. The first-order valence-electron chi connectivity index (χ1n) is 10.8. The van der Waals surface area contributed by atoms with E-state index in [1.165, 1.54) is 4.90 Å². The normalized spacial score (nSPS) is 19.1. The third-order valence-corrected chi connectivity index (χ3v) is 5.86. The summed E-state index contributed by atoms with van der Waals surface area (Å²) in [5.74, 6) is -0.389. The van der Waals surface area contributed by atoms with Crippen LogP contribution in [-0.4, -0.2) is 35.0 Å². The first-order valence-corrected chi connectivity index (χ1v) is 10.8. The molecule has 3 heterocycles. The van der Waals surface area contributed by atoms with Crippen LogP contribution in [0.5, 0.6) is 11.5 Å². The smallest absolute Gasteiger partial charge is 0.301 e. The lowest BCUT2D eigenvalue weighted by atomic mass is 9.94. The maximum Gasteiger partial charge on any atom is 0.301 e. The van der Waals surface area contributed by atoms with Crippen LogP contribution in [0.15, 0.2) is 72.4 Å². The first-order chi connectivity index (χ1) is 16.1. The minimum absolute atomic E-state index is 0.00609. The number of aryl methyl sites for hydroxylation is 1. The Morgan fingerprint density at radius 3 is 2.48 bits per heavy atom. The predicted molar refractivity (Wildman–Crippen MR) is 122 cm³/mol. The number of anilines is 1. The van der Waals surface area contributed by atoms with E-state index in [0.29, 0.717) is 41.7 Å². The molecule has 1 N–H and O–H groups in total. The summed E-state index contributed by atoms with van der Waals surface area (Å²) in [6.45, 7) is 2.89. The lowest BCUT2D eigenvalue weighted by Crippen LogP contribution is -2.30. The van der Waals surface area contributed by atoms with Crippen molar-refractivity contribution >= 4 is 23.3 Å². The number of aliphatic hydroxyl groups is 1. The number of benzene rings is 2. The third-order valence-electron chi connectivity index (χ3n) is 5.86. The number of carbonyl (C=O) groups excluding carboxylic acids is 2. The Hall–Kier alpha value is -4.13. The lowest BCUT2D eigenvalue weighted by molar-refractivity contribution is -0.132. The molecule has 5 rings (SSSR count). The number of pyridine rings is 1. The van der Waals surface area contributed by atoms with Crippen LogP contribution >= 0.6 is 0 Å². The fourth-order valence-electron chi connectivity index (χ4n) is 4.16. The number of nitrogens with zero attached hydrogens (tertiary/aromatic N) is 2. The SMILES string of the molecule is CCc1ccc(C2C(=C(O)c3ccc4c(c3)OCCO4)C(=O)C(=O)N2c2ccccn2)cc1. The molecule has 3 aromatic rings. The molecule has 0 radical (unpaired) electrons. The molecule has 1 fully saturated rings. The number of ketones is 1. The molecule has 0 bridgehead atoms. The molecule has 2 aliphatic rings. The summed E-state index contributed by atoms with van der Waals surface area (Å²) in [5.41, 5.74) is 2.21. The minimum atomic E-state index is -0.820. The van der Waals surface area contributed by atoms with Crippen molar-refractivity contribution in [2.45, 2.75) is 19.4 Å². The van der Waals surface area contributed by atoms with Gasteiger partial charge in [0.1, 0.15) is 24.8 Å². The van der Waals surface area contributed by atoms with Gasteiger partial charge in [0, 0.05) is 11.8 Å². The van der Waals surface area contributed by atoms with Crippen molar-refractivity contribution in [3.8, 4) is 11.5 Å². The van der Waals surface area contributed by atoms with E-state index in [9.17, 15) is 14.7 Å². The fourth-order valence-corrected chi connectivity index (χ4v) is 4.16. The molecule has 7 nitrogen and oxygen atoms in total. The van der Waals surface area contributed by atoms with Crippen LogP contribution in [0, 0.1) is 0 Å². The molecule has 1 amide bonds. The summed E-state index contributed by atoms with van der Waals surface area (Å²) in [6.07, 6.45) is 2.42. The van der Waals surface area contributed by atoms with Gasteiger partial charge in [0.05, 0.1) is 11.6 Å². The van der Waals surface area contributed by atoms with E-state index in [1.54, 1.807) is 42.6 Å². The fraction of sp³-hybridized carbons (Fsp3) is 0.192. The highest BCUT2D eigenvalue weighted by Crippen LogP contribution is 2.42. The van der Waals surface area contributed by atoms with E-state index in [0.717, 1.165) is 12.0 Å². The first kappa shape index (κ1) is 20.8. The Balaban J connectivity index is 1.68. The second-order valence-corrected chi connectivity index (χ2v) is 7.81. The topological polar surface area (TPSA) is 89.0 Å². The maximum absolute atomic E-state index is 13.2. The molecule has 1 saturated heterocycles. The molecule has 2 aliphatic heterocycles. The standard InChI is InChI=1S/C26H22N2O5/c1-2-16-6-8-17(9-7-16)23-22(25(30)26(31)28(23)21-5-3-4-12-27-21)24(29)18-10-11-19-20(15-18)33-14-13-32-19/h3-12,15,23,29H,2,13-14H2,1H3. The zero-order chi connectivity index (χ0) is 22.9. The van der Waals surface area contributed by atoms with Crippen LogP contribution in [0.2, 0.25) is 0 Å². The number of aromatic nitrogens is 1. The molecule has 166 valence electrons. The Kier molecular flexibility index (Phi) is 5.30. The van der Waals surface area contributed by atoms with Gasteiger partial charge < -0.3 is 14.6 Å². The van der Waals surface area contributed by atoms with Crippen LogP contribution in [0.25, 0.3) is 5.76 Å². The highest BCUT2D eigenvalue weighted by Gasteiger charge is 2.47. The molecule has 1 aromatic heterocycles. The maximum atomic E-state index is 13.2. The number of rotatable bonds is 4. The number of Topliss-reactive ketones (excluding diaryl/α,β-unsaturated/α-hetero) is 1. The zero-order valence-corrected chi connectivity index (χ0v) is 18.0. The molecule has 7 heteroatoms. The number of hydrogen-bond donors (Lipinski definition) is 1. The van der Waals surface area contributed by atoms with Gasteiger partial charge in [0.15, 0.2) is 11.5 Å². The second kappa shape index (κ2) is 8.43. The lowest BCUT2D eigenvalue weighted by Gasteiger charge is -2.24. The van der Waals surface area contributed by atoms with Gasteiger partial charge in [-0.2, -0.15) is 0 Å². The van der Waals surface area contributed by atoms with Gasteiger partial charge in [0.2, 0.25) is 0 Å². The van der Waals surface area contributed by atoms with Crippen molar-refractivity contribution in [3.63, 3.8) is 0 Å². The van der Waals surface area contributed by atoms with Crippen LogP contribution in [0.1, 0.15) is 29.7 Å². The summed E-state index contributed by atoms with van der Waals surface area (Å²) in [6, 6.07) is 17.0. The molecule has 1 atom stereocenters. The average Bonchev–Trinajstić information content (AvgIpc) is 3.14. The van der Waals surface area contributed by atoms with Crippen LogP contribution in [-0.2, 0) is 16.0 Å². The van der Waals surface area contributed by atoms with Gasteiger partial charge in [-0.05, 0) is 47.9 Å². The van der Waals surface area contributed by atoms with E-state index >= 15 is 0 Å². The molecule has 33 heavy (non-hydrogen) atoms. The van der Waals surface area contributed by atoms with Crippen LogP contribution in [0.4, 0.5) is 5.82 Å². The number of ether oxygens (including phenoxy) is 2. The summed E-state index contributed by atoms with van der Waals surface area (Å²) in [7, 11) is 0. The molecule has 2 aromatic carbocycles. The van der Waals surface area contributed by atoms with Crippen LogP contribution < -0.4 is 14.4 Å². The summed E-state index contributed by atoms with van der Waals surface area (Å²) in [5, 5.41) is 11.3. The van der Waals surface area contributed by atoms with Crippen molar-refractivity contribution in [1.29, 1.82) is 0 Å². The van der Waals surface area contributed by atoms with Gasteiger partial charge in [-0.15, -0.1) is 0 Å². The van der Waals surface area contributed by atoms with Crippen molar-refractivity contribution in [2.75, 3.05) is 18.1 Å². The number of amides is 1. The predicted octanol–water partition coefficient (Wildman–Crippen LogP) is 4.04. The summed E-state index contributed by atoms with van der Waals surface area (Å²) >= 11 is 0. The number of hydrogen-bond acceptors (Lipinski definition) is 6. The van der Waals surface area contributed by atoms with E-state index < -0.39 is 17.7 Å². The molecular weight excluding hydrogens is 420 g/mol. The molecule has 0 saturated carbocycles. The molecule has 1 unspecified atom stereocenters. The number of fused-ring (bicyclic) bond motifs is 1. The minimum Gasteiger partial charge on any atom is -0.507 e. The molecule has 0 aliphatic carbocycles. The average molecular weight is 442 g/mol. The van der Waals surface area contributed by atoms with Gasteiger partial charge in [-0.1, -0.05) is 37.3 Å². The monoisotopic (exact) mass is 442 g/mol. The Labute approximate surface area is 190 Å². The summed E-state index contributed by atoms with van der Waals surface area (Å²) in [4.78, 5) is 32.0. The quantitative estimate of drug-likeness (QED) is 0.373. The van der Waals surface area contributed by atoms with E-state index in [-0.39, 0.29) is 11.3 Å². The number of carbonyl (C=O) groups is 2. The van der Waals surface area contributed by atoms with E-state index in [2.05, 4.69) is 11.9 Å². The Morgan fingerprint density at radius 1 is 1.03 bits per heavy atom. The van der Waals surface area contributed by atoms with Crippen LogP contribution in [0.3, 0.4) is 0 Å². The van der Waals surface area contributed by atoms with Crippen molar-refractivity contribution < 1.29 is 24.2 Å². The van der Waals surface area contributed by atoms with E-state index in [1.807, 2.05) is 24.3 Å². The highest BCUT2D eigenvalue weighted by molar-refractivity contribution is 6.51. The van der Waals surface area contributed by atoms with E-state index in [4.69, 9.17) is 9.47 Å². The highest BCUT2D eigenvalue weighted by atomic mass is 16.6. The van der Waals surface area contributed by atoms with Crippen molar-refractivity contribution in [3.05, 3.63) is 89.1 Å².